The number of carbonyl (C=O) groups excluding carboxylic acids is 3. The number of primary amides is 1. The van der Waals surface area contributed by atoms with Gasteiger partial charge in [0.25, 0.3) is 17.7 Å². The van der Waals surface area contributed by atoms with Crippen molar-refractivity contribution in [3.63, 3.8) is 0 Å². The average Bonchev–Trinajstić information content (AvgIpc) is 2.86. The van der Waals surface area contributed by atoms with Gasteiger partial charge in [0, 0.05) is 6.54 Å². The molecule has 0 radical (unpaired) electrons. The van der Waals surface area contributed by atoms with Gasteiger partial charge in [-0.25, -0.2) is 0 Å². The lowest BCUT2D eigenvalue weighted by atomic mass is 10.3. The summed E-state index contributed by atoms with van der Waals surface area (Å²) in [7, 11) is 0. The smallest absolute Gasteiger partial charge is 0.280 e. The van der Waals surface area contributed by atoms with Crippen LogP contribution >= 0.6 is 11.3 Å². The van der Waals surface area contributed by atoms with E-state index in [2.05, 4.69) is 10.6 Å². The van der Waals surface area contributed by atoms with Crippen molar-refractivity contribution < 1.29 is 19.3 Å². The van der Waals surface area contributed by atoms with E-state index in [-0.39, 0.29) is 24.9 Å². The van der Waals surface area contributed by atoms with E-state index in [1.54, 1.807) is 11.4 Å². The number of thiophene rings is 1. The Balaban J connectivity index is 2.56. The Morgan fingerprint density at radius 3 is 2.48 bits per heavy atom. The third-order valence-corrected chi connectivity index (χ3v) is 3.71. The zero-order valence-corrected chi connectivity index (χ0v) is 13.0. The molecular formula is C13H21N4O3S+. The van der Waals surface area contributed by atoms with Crippen LogP contribution in [0.2, 0.25) is 0 Å². The fourth-order valence-corrected chi connectivity index (χ4v) is 2.61. The van der Waals surface area contributed by atoms with Crippen LogP contribution in [0.5, 0.6) is 0 Å². The van der Waals surface area contributed by atoms with E-state index in [0.717, 1.165) is 4.90 Å². The number of quaternary nitrogens is 1. The summed E-state index contributed by atoms with van der Waals surface area (Å²) < 4.78 is 0. The Hall–Kier alpha value is -1.93. The molecule has 8 heteroatoms. The zero-order valence-electron chi connectivity index (χ0n) is 12.2. The number of anilines is 1. The maximum Gasteiger partial charge on any atom is 0.280 e. The molecule has 0 saturated heterocycles. The van der Waals surface area contributed by atoms with Crippen LogP contribution in [0.4, 0.5) is 5.00 Å². The van der Waals surface area contributed by atoms with Gasteiger partial charge in [-0.05, 0) is 25.3 Å². The van der Waals surface area contributed by atoms with Crippen molar-refractivity contribution in [3.8, 4) is 0 Å². The molecule has 0 fully saturated rings. The highest BCUT2D eigenvalue weighted by atomic mass is 32.1. The molecule has 0 saturated carbocycles. The van der Waals surface area contributed by atoms with E-state index < -0.39 is 5.91 Å². The van der Waals surface area contributed by atoms with Gasteiger partial charge in [0.15, 0.2) is 13.1 Å². The SMILES string of the molecule is CCNC(=O)C[NH+](CC)CC(=O)Nc1sccc1C(N)=O. The predicted octanol–water partition coefficient (Wildman–Crippen LogP) is -1.17. The summed E-state index contributed by atoms with van der Waals surface area (Å²) >= 11 is 1.24. The van der Waals surface area contributed by atoms with Crippen molar-refractivity contribution in [3.05, 3.63) is 17.0 Å². The quantitative estimate of drug-likeness (QED) is 0.486. The lowest BCUT2D eigenvalue weighted by Gasteiger charge is -2.16. The van der Waals surface area contributed by atoms with E-state index in [1.165, 1.54) is 11.3 Å². The normalized spacial score (nSPS) is 11.7. The lowest BCUT2D eigenvalue weighted by molar-refractivity contribution is -0.881. The maximum atomic E-state index is 12.0. The molecule has 1 aromatic heterocycles. The minimum absolute atomic E-state index is 0.0869. The number of carbonyl (C=O) groups is 3. The van der Waals surface area contributed by atoms with Gasteiger partial charge in [-0.3, -0.25) is 14.4 Å². The summed E-state index contributed by atoms with van der Waals surface area (Å²) in [5.74, 6) is -0.911. The molecule has 0 aliphatic rings. The van der Waals surface area contributed by atoms with E-state index in [9.17, 15) is 14.4 Å². The molecule has 1 unspecified atom stereocenters. The van der Waals surface area contributed by atoms with Gasteiger partial charge in [-0.2, -0.15) is 0 Å². The van der Waals surface area contributed by atoms with Crippen molar-refractivity contribution in [1.82, 2.24) is 5.32 Å². The molecule has 21 heavy (non-hydrogen) atoms. The van der Waals surface area contributed by atoms with Crippen LogP contribution < -0.4 is 21.3 Å². The zero-order chi connectivity index (χ0) is 15.8. The molecule has 116 valence electrons. The Bertz CT molecular complexity index is 515. The van der Waals surface area contributed by atoms with Gasteiger partial charge in [0.1, 0.15) is 5.00 Å². The molecular weight excluding hydrogens is 292 g/mol. The monoisotopic (exact) mass is 313 g/mol. The molecule has 0 bridgehead atoms. The number of hydrogen-bond acceptors (Lipinski definition) is 4. The third kappa shape index (κ3) is 5.52. The standard InChI is InChI=1S/C13H20N4O3S/c1-3-15-10(18)7-17(4-2)8-11(19)16-13-9(12(14)20)5-6-21-13/h5-6H,3-4,7-8H2,1-2H3,(H2,14,20)(H,15,18)(H,16,19)/p+1. The largest absolute Gasteiger partial charge is 0.366 e. The van der Waals surface area contributed by atoms with Crippen molar-refractivity contribution in [2.24, 2.45) is 5.73 Å². The number of likely N-dealkylation sites (N-methyl/N-ethyl adjacent to an activating group) is 2. The highest BCUT2D eigenvalue weighted by molar-refractivity contribution is 7.14. The summed E-state index contributed by atoms with van der Waals surface area (Å²) in [5.41, 5.74) is 5.52. The Morgan fingerprint density at radius 1 is 1.24 bits per heavy atom. The van der Waals surface area contributed by atoms with Crippen LogP contribution in [0.25, 0.3) is 0 Å². The highest BCUT2D eigenvalue weighted by Crippen LogP contribution is 2.22. The molecule has 3 amide bonds. The van der Waals surface area contributed by atoms with E-state index >= 15 is 0 Å². The fourth-order valence-electron chi connectivity index (χ4n) is 1.80. The molecule has 1 rings (SSSR count). The fraction of sp³-hybridized carbons (Fsp3) is 0.462. The molecule has 0 aromatic carbocycles. The first-order valence-corrected chi connectivity index (χ1v) is 7.63. The molecule has 5 N–H and O–H groups in total. The number of amides is 3. The van der Waals surface area contributed by atoms with Crippen LogP contribution in [0.15, 0.2) is 11.4 Å². The number of nitrogens with one attached hydrogen (secondary N) is 3. The topological polar surface area (TPSA) is 106 Å². The molecule has 1 heterocycles. The number of hydrogen-bond donors (Lipinski definition) is 4. The molecule has 1 aromatic rings. The van der Waals surface area contributed by atoms with Gasteiger partial charge in [0.05, 0.1) is 12.1 Å². The summed E-state index contributed by atoms with van der Waals surface area (Å²) in [5, 5.41) is 7.51. The third-order valence-electron chi connectivity index (χ3n) is 2.88. The van der Waals surface area contributed by atoms with Crippen LogP contribution in [-0.2, 0) is 9.59 Å². The molecule has 7 nitrogen and oxygen atoms in total. The van der Waals surface area contributed by atoms with Crippen molar-refractivity contribution in [2.45, 2.75) is 13.8 Å². The number of nitrogens with two attached hydrogens (primary N) is 1. The second-order valence-corrected chi connectivity index (χ2v) is 5.40. The first-order chi connectivity index (χ1) is 9.97. The summed E-state index contributed by atoms with van der Waals surface area (Å²) in [4.78, 5) is 35.5. The predicted molar refractivity (Wildman–Crippen MR) is 81.4 cm³/mol. The summed E-state index contributed by atoms with van der Waals surface area (Å²) in [6, 6.07) is 1.57. The average molecular weight is 313 g/mol. The van der Waals surface area contributed by atoms with Gasteiger partial charge < -0.3 is 21.3 Å². The number of rotatable bonds is 8. The molecule has 0 aliphatic heterocycles. The molecule has 1 atom stereocenters. The van der Waals surface area contributed by atoms with Crippen molar-refractivity contribution >= 4 is 34.1 Å². The minimum atomic E-state index is -0.575. The van der Waals surface area contributed by atoms with Crippen molar-refractivity contribution in [2.75, 3.05) is 31.5 Å². The molecule has 0 spiro atoms. The molecule has 0 aliphatic carbocycles. The maximum absolute atomic E-state index is 12.0. The van der Waals surface area contributed by atoms with Crippen LogP contribution in [0, 0.1) is 0 Å². The van der Waals surface area contributed by atoms with Crippen LogP contribution in [-0.4, -0.2) is 43.9 Å². The van der Waals surface area contributed by atoms with Crippen LogP contribution in [0.3, 0.4) is 0 Å². The van der Waals surface area contributed by atoms with Gasteiger partial charge in [0.2, 0.25) is 0 Å². The lowest BCUT2D eigenvalue weighted by Crippen LogP contribution is -3.14. The highest BCUT2D eigenvalue weighted by Gasteiger charge is 2.18. The van der Waals surface area contributed by atoms with Crippen LogP contribution in [0.1, 0.15) is 24.2 Å². The second kappa shape index (κ2) is 8.38. The van der Waals surface area contributed by atoms with Gasteiger partial charge in [-0.15, -0.1) is 11.3 Å². The summed E-state index contributed by atoms with van der Waals surface area (Å²) in [6.45, 7) is 5.37. The van der Waals surface area contributed by atoms with Gasteiger partial charge in [-0.1, -0.05) is 0 Å². The minimum Gasteiger partial charge on any atom is -0.366 e. The van der Waals surface area contributed by atoms with E-state index in [1.807, 2.05) is 13.8 Å². The van der Waals surface area contributed by atoms with E-state index in [4.69, 9.17) is 5.73 Å². The Morgan fingerprint density at radius 2 is 1.90 bits per heavy atom. The Labute approximate surface area is 127 Å². The Kier molecular flexibility index (Phi) is 6.83. The second-order valence-electron chi connectivity index (χ2n) is 4.49. The first kappa shape index (κ1) is 17.1. The summed E-state index contributed by atoms with van der Waals surface area (Å²) in [6.07, 6.45) is 0. The van der Waals surface area contributed by atoms with Crippen molar-refractivity contribution in [1.29, 1.82) is 0 Å². The van der Waals surface area contributed by atoms with E-state index in [0.29, 0.717) is 23.7 Å². The first-order valence-electron chi connectivity index (χ1n) is 6.75. The van der Waals surface area contributed by atoms with Gasteiger partial charge >= 0.3 is 0 Å².